The first-order valence-electron chi connectivity index (χ1n) is 12.1. The van der Waals surface area contributed by atoms with Crippen molar-refractivity contribution < 1.29 is 19.1 Å². The topological polar surface area (TPSA) is 82.5 Å². The Labute approximate surface area is 230 Å². The van der Waals surface area contributed by atoms with E-state index in [9.17, 15) is 9.59 Å². The number of nitrogens with one attached hydrogen (secondary N) is 1. The number of hydrogen-bond donors (Lipinski definition) is 1. The third-order valence-electron chi connectivity index (χ3n) is 5.99. The van der Waals surface area contributed by atoms with Gasteiger partial charge in [-0.1, -0.05) is 66.7 Å². The summed E-state index contributed by atoms with van der Waals surface area (Å²) >= 11 is 1.62. The van der Waals surface area contributed by atoms with Gasteiger partial charge in [0, 0.05) is 22.5 Å². The Balaban J connectivity index is 1.65. The van der Waals surface area contributed by atoms with Crippen LogP contribution in [0, 0.1) is 0 Å². The molecule has 5 aromatic rings. The smallest absolute Gasteiger partial charge is 0.354 e. The zero-order valence-electron chi connectivity index (χ0n) is 21.3. The quantitative estimate of drug-likeness (QED) is 0.179. The number of rotatable bonds is 8. The summed E-state index contributed by atoms with van der Waals surface area (Å²) in [5, 5.41) is 4.99. The molecule has 8 heteroatoms. The van der Waals surface area contributed by atoms with E-state index in [2.05, 4.69) is 45.0 Å². The van der Waals surface area contributed by atoms with Gasteiger partial charge < -0.3 is 14.8 Å². The maximum atomic E-state index is 12.2. The van der Waals surface area contributed by atoms with Crippen molar-refractivity contribution in [3.63, 3.8) is 0 Å². The number of carbonyl (C=O) groups excluding carboxylic acids is 2. The standard InChI is InChI=1S/C31H25N3O4S/c1-37-27(35)20-25(31(36)38-2)32-23-15-17-24(18-16-23)34-29(22-12-7-4-8-13-22)28(21-10-5-3-6-11-21)33-30(34)26-14-9-19-39-26/h3-20,32H,1-2H3/b25-20+. The van der Waals surface area contributed by atoms with Crippen molar-refractivity contribution in [3.8, 4) is 38.9 Å². The van der Waals surface area contributed by atoms with Gasteiger partial charge in [0.25, 0.3) is 0 Å². The van der Waals surface area contributed by atoms with E-state index < -0.39 is 11.9 Å². The predicted molar refractivity (Wildman–Crippen MR) is 153 cm³/mol. The van der Waals surface area contributed by atoms with Crippen molar-refractivity contribution in [2.45, 2.75) is 0 Å². The van der Waals surface area contributed by atoms with E-state index in [4.69, 9.17) is 9.72 Å². The molecule has 39 heavy (non-hydrogen) atoms. The predicted octanol–water partition coefficient (Wildman–Crippen LogP) is 6.58. The Hall–Kier alpha value is -4.95. The van der Waals surface area contributed by atoms with Gasteiger partial charge in [-0.05, 0) is 35.7 Å². The molecule has 0 aliphatic carbocycles. The van der Waals surface area contributed by atoms with Gasteiger partial charge in [0.2, 0.25) is 0 Å². The second kappa shape index (κ2) is 11.6. The van der Waals surface area contributed by atoms with Crippen molar-refractivity contribution in [1.29, 1.82) is 0 Å². The van der Waals surface area contributed by atoms with Gasteiger partial charge in [0.1, 0.15) is 5.70 Å². The lowest BCUT2D eigenvalue weighted by molar-refractivity contribution is -0.138. The molecule has 0 radical (unpaired) electrons. The molecule has 0 saturated heterocycles. The molecule has 0 aliphatic rings. The van der Waals surface area contributed by atoms with E-state index in [-0.39, 0.29) is 5.70 Å². The maximum Gasteiger partial charge on any atom is 0.354 e. The fourth-order valence-electron chi connectivity index (χ4n) is 4.18. The van der Waals surface area contributed by atoms with Gasteiger partial charge in [0.15, 0.2) is 5.82 Å². The summed E-state index contributed by atoms with van der Waals surface area (Å²) < 4.78 is 11.6. The largest absolute Gasteiger partial charge is 0.466 e. The third-order valence-corrected chi connectivity index (χ3v) is 6.85. The first-order valence-corrected chi connectivity index (χ1v) is 13.0. The minimum absolute atomic E-state index is 0.0321. The van der Waals surface area contributed by atoms with E-state index in [0.717, 1.165) is 45.0 Å². The molecule has 7 nitrogen and oxygen atoms in total. The number of imidazole rings is 1. The molecule has 194 valence electrons. The van der Waals surface area contributed by atoms with Gasteiger partial charge in [-0.25, -0.2) is 14.6 Å². The van der Waals surface area contributed by atoms with Crippen LogP contribution < -0.4 is 5.32 Å². The lowest BCUT2D eigenvalue weighted by Gasteiger charge is -2.14. The summed E-state index contributed by atoms with van der Waals surface area (Å²) in [4.78, 5) is 30.1. The number of thiophene rings is 1. The number of anilines is 1. The summed E-state index contributed by atoms with van der Waals surface area (Å²) in [6.07, 6.45) is 1.06. The van der Waals surface area contributed by atoms with Gasteiger partial charge in [-0.2, -0.15) is 0 Å². The fourth-order valence-corrected chi connectivity index (χ4v) is 4.89. The molecule has 1 N–H and O–H groups in total. The molecule has 0 fully saturated rings. The van der Waals surface area contributed by atoms with Crippen LogP contribution in [0.2, 0.25) is 0 Å². The van der Waals surface area contributed by atoms with Gasteiger partial charge in [0.05, 0.1) is 36.6 Å². The molecule has 0 unspecified atom stereocenters. The van der Waals surface area contributed by atoms with E-state index in [0.29, 0.717) is 5.69 Å². The van der Waals surface area contributed by atoms with Gasteiger partial charge in [-0.3, -0.25) is 4.57 Å². The lowest BCUT2D eigenvalue weighted by Crippen LogP contribution is -2.15. The third kappa shape index (κ3) is 5.51. The van der Waals surface area contributed by atoms with Crippen LogP contribution in [0.25, 0.3) is 38.9 Å². The first-order chi connectivity index (χ1) is 19.1. The number of ether oxygens (including phenoxy) is 2. The SMILES string of the molecule is COC(=O)/C=C(/Nc1ccc(-n2c(-c3cccs3)nc(-c3ccccc3)c2-c2ccccc2)cc1)C(=O)OC. The Morgan fingerprint density at radius 3 is 2.08 bits per heavy atom. The van der Waals surface area contributed by atoms with Crippen molar-refractivity contribution in [2.75, 3.05) is 19.5 Å². The van der Waals surface area contributed by atoms with E-state index in [1.165, 1.54) is 14.2 Å². The lowest BCUT2D eigenvalue weighted by atomic mass is 10.0. The highest BCUT2D eigenvalue weighted by Gasteiger charge is 2.23. The fraction of sp³-hybridized carbons (Fsp3) is 0.0645. The number of nitrogens with zero attached hydrogens (tertiary/aromatic N) is 2. The van der Waals surface area contributed by atoms with Crippen molar-refractivity contribution in [1.82, 2.24) is 9.55 Å². The van der Waals surface area contributed by atoms with Crippen LogP contribution in [0.5, 0.6) is 0 Å². The zero-order chi connectivity index (χ0) is 27.2. The summed E-state index contributed by atoms with van der Waals surface area (Å²) in [5.41, 5.74) is 5.34. The average molecular weight is 536 g/mol. The van der Waals surface area contributed by atoms with Crippen LogP contribution >= 0.6 is 11.3 Å². The summed E-state index contributed by atoms with van der Waals surface area (Å²) in [6.45, 7) is 0. The average Bonchev–Trinajstić information content (AvgIpc) is 3.66. The maximum absolute atomic E-state index is 12.2. The second-order valence-corrected chi connectivity index (χ2v) is 9.37. The van der Waals surface area contributed by atoms with Crippen LogP contribution in [-0.4, -0.2) is 35.7 Å². The van der Waals surface area contributed by atoms with Crippen molar-refractivity contribution >= 4 is 29.0 Å². The zero-order valence-corrected chi connectivity index (χ0v) is 22.1. The highest BCUT2D eigenvalue weighted by atomic mass is 32.1. The Morgan fingerprint density at radius 1 is 0.821 bits per heavy atom. The monoisotopic (exact) mass is 535 g/mol. The number of hydrogen-bond acceptors (Lipinski definition) is 7. The molecule has 0 aliphatic heterocycles. The molecule has 0 spiro atoms. The van der Waals surface area contributed by atoms with E-state index >= 15 is 0 Å². The minimum atomic E-state index is -0.682. The van der Waals surface area contributed by atoms with Crippen LogP contribution in [-0.2, 0) is 19.1 Å². The molecule has 0 bridgehead atoms. The molecular formula is C31H25N3O4S. The van der Waals surface area contributed by atoms with E-state index in [1.807, 2.05) is 72.1 Å². The number of benzene rings is 3. The van der Waals surface area contributed by atoms with Gasteiger partial charge in [-0.15, -0.1) is 11.3 Å². The van der Waals surface area contributed by atoms with Crippen molar-refractivity contribution in [3.05, 3.63) is 114 Å². The van der Waals surface area contributed by atoms with Crippen LogP contribution in [0.3, 0.4) is 0 Å². The minimum Gasteiger partial charge on any atom is -0.466 e. The Kier molecular flexibility index (Phi) is 7.65. The number of methoxy groups -OCH3 is 2. The normalized spacial score (nSPS) is 11.2. The van der Waals surface area contributed by atoms with Crippen LogP contribution in [0.4, 0.5) is 5.69 Å². The molecular weight excluding hydrogens is 510 g/mol. The summed E-state index contributed by atoms with van der Waals surface area (Å²) in [7, 11) is 2.49. The highest BCUT2D eigenvalue weighted by molar-refractivity contribution is 7.13. The highest BCUT2D eigenvalue weighted by Crippen LogP contribution is 2.39. The Morgan fingerprint density at radius 2 is 1.49 bits per heavy atom. The van der Waals surface area contributed by atoms with Gasteiger partial charge >= 0.3 is 11.9 Å². The second-order valence-electron chi connectivity index (χ2n) is 8.42. The first kappa shape index (κ1) is 25.7. The molecule has 5 rings (SSSR count). The molecule has 0 amide bonds. The summed E-state index contributed by atoms with van der Waals surface area (Å²) in [5.74, 6) is -0.526. The van der Waals surface area contributed by atoms with Crippen LogP contribution in [0.15, 0.2) is 114 Å². The summed E-state index contributed by atoms with van der Waals surface area (Å²) in [6, 6.07) is 31.9. The number of esters is 2. The Bertz CT molecular complexity index is 1610. The molecule has 2 aromatic heterocycles. The number of carbonyl (C=O) groups is 2. The molecule has 3 aromatic carbocycles. The molecule has 0 saturated carbocycles. The molecule has 2 heterocycles. The number of aromatic nitrogens is 2. The van der Waals surface area contributed by atoms with Crippen molar-refractivity contribution in [2.24, 2.45) is 0 Å². The molecule has 0 atom stereocenters. The van der Waals surface area contributed by atoms with Crippen LogP contribution in [0.1, 0.15) is 0 Å². The van der Waals surface area contributed by atoms with E-state index in [1.54, 1.807) is 11.3 Å².